The molecule has 4 rings (SSSR count). The predicted molar refractivity (Wildman–Crippen MR) is 135 cm³/mol. The molecule has 2 N–H and O–H groups in total. The number of hydrogen-bond acceptors (Lipinski definition) is 7. The molecule has 3 aromatic carbocycles. The zero-order valence-electron chi connectivity index (χ0n) is 20.0. The number of amides is 1. The van der Waals surface area contributed by atoms with E-state index in [2.05, 4.69) is 0 Å². The first-order valence-corrected chi connectivity index (χ1v) is 11.5. The van der Waals surface area contributed by atoms with Gasteiger partial charge in [-0.2, -0.15) is 0 Å². The number of hydrogen-bond donors (Lipinski definition) is 2. The Kier molecular flexibility index (Phi) is 7.39. The third kappa shape index (κ3) is 4.35. The number of aliphatic hydroxyl groups is 1. The Bertz CT molecular complexity index is 1510. The van der Waals surface area contributed by atoms with Gasteiger partial charge in [-0.25, -0.2) is 8.78 Å². The van der Waals surface area contributed by atoms with Gasteiger partial charge in [-0.15, -0.1) is 0 Å². The van der Waals surface area contributed by atoms with Gasteiger partial charge >= 0.3 is 0 Å². The molecule has 0 bridgehead atoms. The number of carbonyl (C=O) groups is 2. The molecule has 0 radical (unpaired) electrons. The lowest BCUT2D eigenvalue weighted by atomic mass is 9.94. The van der Waals surface area contributed by atoms with Crippen LogP contribution >= 0.6 is 23.2 Å². The molecule has 0 aromatic heterocycles. The highest BCUT2D eigenvalue weighted by Gasteiger charge is 2.47. The van der Waals surface area contributed by atoms with Gasteiger partial charge in [-0.05, 0) is 35.9 Å². The second-order valence-electron chi connectivity index (χ2n) is 7.99. The number of phenols is 1. The molecule has 1 heterocycles. The van der Waals surface area contributed by atoms with Gasteiger partial charge in [0.25, 0.3) is 11.7 Å². The standard InChI is InChI=1S/C26H19Cl2F2NO7/c1-36-18-7-4-11(8-17(18)32)21-19(22(33)13-10-14(27)25(38-3)20(28)24(13)37-2)23(34)26(35)31(21)12-5-6-15(29)16(30)9-12/h4-10,21,32-33H,1-3H3/b22-19+. The van der Waals surface area contributed by atoms with Crippen LogP contribution in [0.3, 0.4) is 0 Å². The Balaban J connectivity index is 2.04. The zero-order valence-corrected chi connectivity index (χ0v) is 21.5. The smallest absolute Gasteiger partial charge is 0.300 e. The average Bonchev–Trinajstić information content (AvgIpc) is 3.15. The number of ether oxygens (including phenoxy) is 3. The highest BCUT2D eigenvalue weighted by molar-refractivity contribution is 6.52. The summed E-state index contributed by atoms with van der Waals surface area (Å²) >= 11 is 12.6. The van der Waals surface area contributed by atoms with Crippen molar-refractivity contribution in [3.05, 3.63) is 80.8 Å². The second kappa shape index (κ2) is 10.4. The van der Waals surface area contributed by atoms with Crippen LogP contribution in [0.25, 0.3) is 5.76 Å². The van der Waals surface area contributed by atoms with Gasteiger partial charge in [0.1, 0.15) is 10.8 Å². The van der Waals surface area contributed by atoms with E-state index in [1.165, 1.54) is 45.6 Å². The Morgan fingerprint density at radius 1 is 0.921 bits per heavy atom. The summed E-state index contributed by atoms with van der Waals surface area (Å²) in [6, 6.07) is 6.46. The van der Waals surface area contributed by atoms with E-state index in [-0.39, 0.29) is 49.9 Å². The predicted octanol–water partition coefficient (Wildman–Crippen LogP) is 5.63. The molecule has 1 amide bonds. The van der Waals surface area contributed by atoms with Crippen molar-refractivity contribution in [2.45, 2.75) is 6.04 Å². The fourth-order valence-corrected chi connectivity index (χ4v) is 4.90. The minimum Gasteiger partial charge on any atom is -0.507 e. The summed E-state index contributed by atoms with van der Waals surface area (Å²) in [4.78, 5) is 27.5. The fraction of sp³-hybridized carbons (Fsp3) is 0.154. The van der Waals surface area contributed by atoms with E-state index in [0.717, 1.165) is 23.1 Å². The van der Waals surface area contributed by atoms with Crippen LogP contribution in [0.4, 0.5) is 14.5 Å². The van der Waals surface area contributed by atoms with Crippen LogP contribution < -0.4 is 19.1 Å². The van der Waals surface area contributed by atoms with Gasteiger partial charge in [0.05, 0.1) is 43.5 Å². The van der Waals surface area contributed by atoms with Gasteiger partial charge in [0, 0.05) is 11.8 Å². The normalized spacial score (nSPS) is 16.6. The molecule has 3 aromatic rings. The molecule has 1 aliphatic rings. The molecule has 0 aliphatic carbocycles. The summed E-state index contributed by atoms with van der Waals surface area (Å²) in [5, 5.41) is 21.7. The maximum Gasteiger partial charge on any atom is 0.300 e. The van der Waals surface area contributed by atoms with E-state index in [0.29, 0.717) is 0 Å². The van der Waals surface area contributed by atoms with Crippen molar-refractivity contribution in [1.82, 2.24) is 0 Å². The lowest BCUT2D eigenvalue weighted by molar-refractivity contribution is -0.132. The summed E-state index contributed by atoms with van der Waals surface area (Å²) in [5.41, 5.74) is -0.643. The van der Waals surface area contributed by atoms with E-state index in [1.807, 2.05) is 0 Å². The summed E-state index contributed by atoms with van der Waals surface area (Å²) in [5.74, 6) is -5.78. The molecule has 0 spiro atoms. The quantitative estimate of drug-likeness (QED) is 0.226. The number of rotatable bonds is 6. The molecule has 1 unspecified atom stereocenters. The molecule has 198 valence electrons. The van der Waals surface area contributed by atoms with Crippen molar-refractivity contribution in [2.75, 3.05) is 26.2 Å². The van der Waals surface area contributed by atoms with E-state index < -0.39 is 40.7 Å². The first-order chi connectivity index (χ1) is 18.0. The maximum absolute atomic E-state index is 14.2. The molecular formula is C26H19Cl2F2NO7. The Hall–Kier alpha value is -4.02. The van der Waals surface area contributed by atoms with Crippen molar-refractivity contribution < 1.29 is 42.8 Å². The molecule has 1 fully saturated rings. The fourth-order valence-electron chi connectivity index (χ4n) is 4.22. The number of anilines is 1. The average molecular weight is 566 g/mol. The lowest BCUT2D eigenvalue weighted by Crippen LogP contribution is -2.29. The van der Waals surface area contributed by atoms with Gasteiger partial charge < -0.3 is 24.4 Å². The summed E-state index contributed by atoms with van der Waals surface area (Å²) < 4.78 is 43.4. The SMILES string of the molecule is COc1ccc(C2/C(=C(\O)c3cc(Cl)c(OC)c(Cl)c3OC)C(=O)C(=O)N2c2ccc(F)c(F)c2)cc1O. The number of aromatic hydroxyl groups is 1. The lowest BCUT2D eigenvalue weighted by Gasteiger charge is -2.26. The van der Waals surface area contributed by atoms with Gasteiger partial charge in [0.15, 0.2) is 34.6 Å². The van der Waals surface area contributed by atoms with Crippen molar-refractivity contribution >= 4 is 46.3 Å². The van der Waals surface area contributed by atoms with Crippen molar-refractivity contribution in [1.29, 1.82) is 0 Å². The van der Waals surface area contributed by atoms with Crippen LogP contribution in [-0.4, -0.2) is 43.2 Å². The molecule has 12 heteroatoms. The number of halogens is 4. The third-order valence-corrected chi connectivity index (χ3v) is 6.56. The van der Waals surface area contributed by atoms with Crippen LogP contribution in [0, 0.1) is 11.6 Å². The number of methoxy groups -OCH3 is 3. The van der Waals surface area contributed by atoms with Gasteiger partial charge in [-0.3, -0.25) is 14.5 Å². The van der Waals surface area contributed by atoms with E-state index in [1.54, 1.807) is 0 Å². The van der Waals surface area contributed by atoms with Gasteiger partial charge in [-0.1, -0.05) is 29.3 Å². The number of ketones is 1. The molecule has 38 heavy (non-hydrogen) atoms. The van der Waals surface area contributed by atoms with Crippen LogP contribution in [0.5, 0.6) is 23.0 Å². The minimum absolute atomic E-state index is 0.0340. The zero-order chi connectivity index (χ0) is 27.9. The van der Waals surface area contributed by atoms with Crippen LogP contribution in [-0.2, 0) is 9.59 Å². The van der Waals surface area contributed by atoms with Crippen LogP contribution in [0.15, 0.2) is 48.0 Å². The molecule has 1 atom stereocenters. The molecule has 0 saturated carbocycles. The van der Waals surface area contributed by atoms with Gasteiger partial charge in [0.2, 0.25) is 0 Å². The molecule has 1 saturated heterocycles. The highest BCUT2D eigenvalue weighted by Crippen LogP contribution is 2.48. The van der Waals surface area contributed by atoms with Crippen molar-refractivity contribution in [3.63, 3.8) is 0 Å². The first-order valence-electron chi connectivity index (χ1n) is 10.8. The van der Waals surface area contributed by atoms with Crippen molar-refractivity contribution in [2.24, 2.45) is 0 Å². The third-order valence-electron chi connectivity index (χ3n) is 5.94. The summed E-state index contributed by atoms with van der Waals surface area (Å²) in [6.07, 6.45) is 0. The van der Waals surface area contributed by atoms with E-state index >= 15 is 0 Å². The largest absolute Gasteiger partial charge is 0.507 e. The highest BCUT2D eigenvalue weighted by atomic mass is 35.5. The molecular weight excluding hydrogens is 547 g/mol. The topological polar surface area (TPSA) is 106 Å². The Labute approximate surface area is 225 Å². The number of phenolic OH excluding ortho intramolecular Hbond substituents is 1. The summed E-state index contributed by atoms with van der Waals surface area (Å²) in [6.45, 7) is 0. The minimum atomic E-state index is -1.40. The summed E-state index contributed by atoms with van der Waals surface area (Å²) in [7, 11) is 3.89. The number of carbonyl (C=O) groups excluding carboxylic acids is 2. The maximum atomic E-state index is 14.2. The van der Waals surface area contributed by atoms with Crippen LogP contribution in [0.1, 0.15) is 17.2 Å². The monoisotopic (exact) mass is 565 g/mol. The first kappa shape index (κ1) is 27.0. The van der Waals surface area contributed by atoms with Crippen LogP contribution in [0.2, 0.25) is 10.0 Å². The van der Waals surface area contributed by atoms with E-state index in [4.69, 9.17) is 37.4 Å². The van der Waals surface area contributed by atoms with E-state index in [9.17, 15) is 28.6 Å². The number of aliphatic hydroxyl groups excluding tert-OH is 1. The number of nitrogens with zero attached hydrogens (tertiary/aromatic N) is 1. The molecule has 8 nitrogen and oxygen atoms in total. The number of benzene rings is 3. The second-order valence-corrected chi connectivity index (χ2v) is 8.77. The Morgan fingerprint density at radius 3 is 2.18 bits per heavy atom. The molecule has 1 aliphatic heterocycles. The Morgan fingerprint density at radius 2 is 1.61 bits per heavy atom. The number of Topliss-reactive ketones (excluding diaryl/α,β-unsaturated/α-hetero) is 1. The van der Waals surface area contributed by atoms with Crippen molar-refractivity contribution in [3.8, 4) is 23.0 Å².